The highest BCUT2D eigenvalue weighted by atomic mass is 35.5. The van der Waals surface area contributed by atoms with E-state index in [1.165, 1.54) is 0 Å². The van der Waals surface area contributed by atoms with Crippen LogP contribution in [-0.4, -0.2) is 32.0 Å². The van der Waals surface area contributed by atoms with Gasteiger partial charge in [-0.05, 0) is 55.2 Å². The van der Waals surface area contributed by atoms with Crippen LogP contribution in [0.3, 0.4) is 0 Å². The van der Waals surface area contributed by atoms with E-state index in [9.17, 15) is 9.59 Å². The van der Waals surface area contributed by atoms with Crippen LogP contribution < -0.4 is 20.3 Å². The lowest BCUT2D eigenvalue weighted by molar-refractivity contribution is -0.124. The summed E-state index contributed by atoms with van der Waals surface area (Å²) in [5.74, 6) is 0.217. The standard InChI is InChI=1S/C22H25N3O3.ClH/c1-14-8-9-20(28-2)19(11-14)25-13-15(12-21(25)26)22(27)24-10-4-5-16-17(23)6-3-7-18(16)24;/h3,6-9,11,15H,4-5,10,12-13,23H2,1-2H3;1H. The number of carbonyl (C=O) groups is 2. The number of rotatable bonds is 3. The number of nitrogens with two attached hydrogens (primary N) is 1. The maximum atomic E-state index is 13.3. The van der Waals surface area contributed by atoms with Gasteiger partial charge in [-0.1, -0.05) is 12.1 Å². The van der Waals surface area contributed by atoms with Crippen molar-refractivity contribution in [2.24, 2.45) is 5.92 Å². The van der Waals surface area contributed by atoms with Gasteiger partial charge in [0.25, 0.3) is 0 Å². The Labute approximate surface area is 177 Å². The van der Waals surface area contributed by atoms with Gasteiger partial charge in [-0.25, -0.2) is 0 Å². The molecule has 0 radical (unpaired) electrons. The molecule has 2 aliphatic rings. The third-order valence-corrected chi connectivity index (χ3v) is 5.65. The molecule has 2 N–H and O–H groups in total. The second kappa shape index (κ2) is 8.33. The summed E-state index contributed by atoms with van der Waals surface area (Å²) in [4.78, 5) is 29.5. The van der Waals surface area contributed by atoms with Crippen LogP contribution in [0.5, 0.6) is 5.75 Å². The van der Waals surface area contributed by atoms with Gasteiger partial charge in [-0.2, -0.15) is 0 Å². The van der Waals surface area contributed by atoms with Gasteiger partial charge in [-0.3, -0.25) is 9.59 Å². The van der Waals surface area contributed by atoms with Crippen molar-refractivity contribution in [3.05, 3.63) is 47.5 Å². The lowest BCUT2D eigenvalue weighted by Gasteiger charge is -2.32. The van der Waals surface area contributed by atoms with Crippen LogP contribution in [0, 0.1) is 12.8 Å². The van der Waals surface area contributed by atoms with Crippen molar-refractivity contribution in [1.29, 1.82) is 0 Å². The smallest absolute Gasteiger partial charge is 0.232 e. The minimum atomic E-state index is -0.370. The van der Waals surface area contributed by atoms with Crippen LogP contribution in [0.2, 0.25) is 0 Å². The van der Waals surface area contributed by atoms with E-state index < -0.39 is 0 Å². The molecule has 4 rings (SSSR count). The zero-order valence-corrected chi connectivity index (χ0v) is 17.5. The van der Waals surface area contributed by atoms with E-state index in [-0.39, 0.29) is 36.6 Å². The molecule has 1 atom stereocenters. The summed E-state index contributed by atoms with van der Waals surface area (Å²) in [5, 5.41) is 0. The van der Waals surface area contributed by atoms with Crippen molar-refractivity contribution in [3.8, 4) is 5.75 Å². The number of benzene rings is 2. The van der Waals surface area contributed by atoms with Gasteiger partial charge >= 0.3 is 0 Å². The molecular weight excluding hydrogens is 390 g/mol. The van der Waals surface area contributed by atoms with E-state index >= 15 is 0 Å². The first-order chi connectivity index (χ1) is 13.5. The summed E-state index contributed by atoms with van der Waals surface area (Å²) in [5.41, 5.74) is 10.5. The fourth-order valence-corrected chi connectivity index (χ4v) is 4.22. The molecule has 0 saturated carbocycles. The zero-order chi connectivity index (χ0) is 19.8. The number of aryl methyl sites for hydroxylation is 1. The lowest BCUT2D eigenvalue weighted by Crippen LogP contribution is -2.40. The third kappa shape index (κ3) is 3.77. The zero-order valence-electron chi connectivity index (χ0n) is 16.7. The van der Waals surface area contributed by atoms with Crippen molar-refractivity contribution < 1.29 is 14.3 Å². The quantitative estimate of drug-likeness (QED) is 0.780. The van der Waals surface area contributed by atoms with E-state index in [2.05, 4.69) is 0 Å². The van der Waals surface area contributed by atoms with Gasteiger partial charge in [0.15, 0.2) is 0 Å². The van der Waals surface area contributed by atoms with E-state index in [0.29, 0.717) is 18.8 Å². The monoisotopic (exact) mass is 415 g/mol. The highest BCUT2D eigenvalue weighted by Crippen LogP contribution is 2.37. The van der Waals surface area contributed by atoms with Crippen LogP contribution in [0.15, 0.2) is 36.4 Å². The van der Waals surface area contributed by atoms with Gasteiger partial charge in [0.2, 0.25) is 11.8 Å². The maximum absolute atomic E-state index is 13.3. The number of methoxy groups -OCH3 is 1. The summed E-state index contributed by atoms with van der Waals surface area (Å²) in [7, 11) is 1.59. The first-order valence-corrected chi connectivity index (χ1v) is 9.63. The summed E-state index contributed by atoms with van der Waals surface area (Å²) in [6, 6.07) is 11.4. The van der Waals surface area contributed by atoms with E-state index in [1.807, 2.05) is 48.2 Å². The summed E-state index contributed by atoms with van der Waals surface area (Å²) in [6.07, 6.45) is 1.97. The molecule has 6 nitrogen and oxygen atoms in total. The number of carbonyl (C=O) groups excluding carboxylic acids is 2. The Balaban J connectivity index is 0.00000240. The van der Waals surface area contributed by atoms with Crippen LogP contribution in [-0.2, 0) is 16.0 Å². The van der Waals surface area contributed by atoms with Crippen molar-refractivity contribution in [2.75, 3.05) is 35.7 Å². The molecule has 0 bridgehead atoms. The number of nitrogen functional groups attached to an aromatic ring is 1. The molecule has 2 amide bonds. The molecule has 154 valence electrons. The highest BCUT2D eigenvalue weighted by molar-refractivity contribution is 6.05. The molecule has 0 spiro atoms. The maximum Gasteiger partial charge on any atom is 0.232 e. The molecule has 2 aromatic rings. The molecular formula is C22H26ClN3O3. The van der Waals surface area contributed by atoms with Crippen LogP contribution in [0.1, 0.15) is 24.0 Å². The SMILES string of the molecule is COc1ccc(C)cc1N1CC(C(=O)N2CCCc3c(N)cccc32)CC1=O.Cl. The summed E-state index contributed by atoms with van der Waals surface area (Å²) < 4.78 is 5.43. The predicted octanol–water partition coefficient (Wildman–Crippen LogP) is 3.34. The molecule has 2 aliphatic heterocycles. The Morgan fingerprint density at radius 2 is 2.00 bits per heavy atom. The number of nitrogens with zero attached hydrogens (tertiary/aromatic N) is 2. The molecule has 7 heteroatoms. The highest BCUT2D eigenvalue weighted by Gasteiger charge is 2.39. The molecule has 29 heavy (non-hydrogen) atoms. The van der Waals surface area contributed by atoms with Gasteiger partial charge in [-0.15, -0.1) is 12.4 Å². The van der Waals surface area contributed by atoms with Crippen LogP contribution in [0.25, 0.3) is 0 Å². The average molecular weight is 416 g/mol. The van der Waals surface area contributed by atoms with Gasteiger partial charge in [0.1, 0.15) is 5.75 Å². The number of amides is 2. The van der Waals surface area contributed by atoms with Crippen LogP contribution in [0.4, 0.5) is 17.1 Å². The Hall–Kier alpha value is -2.73. The minimum Gasteiger partial charge on any atom is -0.495 e. The topological polar surface area (TPSA) is 75.9 Å². The number of fused-ring (bicyclic) bond motifs is 1. The van der Waals surface area contributed by atoms with Gasteiger partial charge in [0, 0.05) is 30.9 Å². The van der Waals surface area contributed by atoms with Gasteiger partial charge < -0.3 is 20.3 Å². The van der Waals surface area contributed by atoms with Crippen molar-refractivity contribution in [1.82, 2.24) is 0 Å². The second-order valence-corrected chi connectivity index (χ2v) is 7.52. The number of ether oxygens (including phenoxy) is 1. The molecule has 2 aromatic carbocycles. The lowest BCUT2D eigenvalue weighted by atomic mass is 9.97. The molecule has 1 fully saturated rings. The van der Waals surface area contributed by atoms with Crippen molar-refractivity contribution in [3.63, 3.8) is 0 Å². The molecule has 0 aliphatic carbocycles. The Bertz CT molecular complexity index is 947. The number of hydrogen-bond acceptors (Lipinski definition) is 4. The first kappa shape index (κ1) is 21.0. The number of halogens is 1. The fraction of sp³-hybridized carbons (Fsp3) is 0.364. The first-order valence-electron chi connectivity index (χ1n) is 9.63. The van der Waals surface area contributed by atoms with E-state index in [1.54, 1.807) is 12.0 Å². The molecule has 0 aromatic heterocycles. The normalized spacial score (nSPS) is 18.3. The van der Waals surface area contributed by atoms with Crippen molar-refractivity contribution in [2.45, 2.75) is 26.2 Å². The largest absolute Gasteiger partial charge is 0.495 e. The second-order valence-electron chi connectivity index (χ2n) is 7.52. The number of anilines is 3. The van der Waals surface area contributed by atoms with Crippen LogP contribution >= 0.6 is 12.4 Å². The van der Waals surface area contributed by atoms with Gasteiger partial charge in [0.05, 0.1) is 18.7 Å². The minimum absolute atomic E-state index is 0. The molecule has 1 unspecified atom stereocenters. The molecule has 1 saturated heterocycles. The summed E-state index contributed by atoms with van der Waals surface area (Å²) >= 11 is 0. The summed E-state index contributed by atoms with van der Waals surface area (Å²) in [6.45, 7) is 3.00. The predicted molar refractivity (Wildman–Crippen MR) is 117 cm³/mol. The average Bonchev–Trinajstić information content (AvgIpc) is 3.09. The molecule has 2 heterocycles. The Morgan fingerprint density at radius 3 is 2.76 bits per heavy atom. The number of hydrogen-bond donors (Lipinski definition) is 1. The van der Waals surface area contributed by atoms with E-state index in [4.69, 9.17) is 10.5 Å². The Morgan fingerprint density at radius 1 is 1.21 bits per heavy atom. The van der Waals surface area contributed by atoms with E-state index in [0.717, 1.165) is 41.0 Å². The third-order valence-electron chi connectivity index (χ3n) is 5.65. The van der Waals surface area contributed by atoms with Crippen molar-refractivity contribution >= 4 is 41.3 Å². The fourth-order valence-electron chi connectivity index (χ4n) is 4.22. The Kier molecular flexibility index (Phi) is 6.03.